The molecule has 1 atom stereocenters. The molecule has 2 heterocycles. The molecule has 0 aromatic heterocycles. The fraction of sp³-hybridized carbons (Fsp3) is 0.286. The molecule has 0 spiro atoms. The molecule has 2 aliphatic heterocycles. The normalized spacial score (nSPS) is 17.6. The van der Waals surface area contributed by atoms with Gasteiger partial charge in [-0.15, -0.1) is 0 Å². The van der Waals surface area contributed by atoms with Crippen molar-refractivity contribution in [2.45, 2.75) is 42.1 Å². The number of likely N-dealkylation sites (N-methyl/N-ethyl adjacent to an activating group) is 1. The summed E-state index contributed by atoms with van der Waals surface area (Å²) in [4.78, 5) is 32.5. The molecule has 0 saturated carbocycles. The third-order valence-electron chi connectivity index (χ3n) is 6.73. The molecule has 5 rings (SSSR count). The fourth-order valence-electron chi connectivity index (χ4n) is 4.89. The Morgan fingerprint density at radius 2 is 1.94 bits per heavy atom. The topological polar surface area (TPSA) is 52.7 Å². The van der Waals surface area contributed by atoms with Crippen LogP contribution >= 0.6 is 11.8 Å². The van der Waals surface area contributed by atoms with Crippen LogP contribution in [0.25, 0.3) is 0 Å². The summed E-state index contributed by atoms with van der Waals surface area (Å²) in [5.74, 6) is -0.667. The lowest BCUT2D eigenvalue weighted by molar-refractivity contribution is 0.0938. The summed E-state index contributed by atoms with van der Waals surface area (Å²) in [6.07, 6.45) is 2.24. The largest absolute Gasteiger partial charge is 0.350 e. The van der Waals surface area contributed by atoms with Crippen molar-refractivity contribution in [3.63, 3.8) is 0 Å². The molecule has 5 nitrogen and oxygen atoms in total. The van der Waals surface area contributed by atoms with Gasteiger partial charge in [0.05, 0.1) is 17.8 Å². The van der Waals surface area contributed by atoms with E-state index in [1.54, 1.807) is 23.1 Å². The molecule has 35 heavy (non-hydrogen) atoms. The summed E-state index contributed by atoms with van der Waals surface area (Å²) in [5.41, 5.74) is 2.44. The SMILES string of the molecule is CCN1CCC[C@@H]1CNC(=O)c1ccc2c(c1)N(Cc1cccc(F)c1)C(=O)c1ccccc1S2. The lowest BCUT2D eigenvalue weighted by Crippen LogP contribution is -2.40. The average molecular weight is 490 g/mol. The van der Waals surface area contributed by atoms with Crippen LogP contribution < -0.4 is 10.2 Å². The van der Waals surface area contributed by atoms with E-state index in [0.717, 1.165) is 35.7 Å². The molecule has 2 amide bonds. The maximum atomic E-state index is 13.9. The van der Waals surface area contributed by atoms with E-state index in [4.69, 9.17) is 0 Å². The number of hydrogen-bond donors (Lipinski definition) is 1. The first-order valence-electron chi connectivity index (χ1n) is 12.0. The molecule has 2 aliphatic rings. The smallest absolute Gasteiger partial charge is 0.259 e. The van der Waals surface area contributed by atoms with Crippen LogP contribution in [0.1, 0.15) is 46.0 Å². The lowest BCUT2D eigenvalue weighted by atomic mass is 10.1. The highest BCUT2D eigenvalue weighted by Gasteiger charge is 2.29. The number of amides is 2. The minimum Gasteiger partial charge on any atom is -0.350 e. The van der Waals surface area contributed by atoms with Crippen molar-refractivity contribution in [2.75, 3.05) is 24.5 Å². The van der Waals surface area contributed by atoms with Gasteiger partial charge >= 0.3 is 0 Å². The van der Waals surface area contributed by atoms with E-state index in [-0.39, 0.29) is 24.2 Å². The van der Waals surface area contributed by atoms with Gasteiger partial charge in [-0.2, -0.15) is 0 Å². The predicted octanol–water partition coefficient (Wildman–Crippen LogP) is 5.35. The molecular weight excluding hydrogens is 461 g/mol. The van der Waals surface area contributed by atoms with Crippen LogP contribution in [0.3, 0.4) is 0 Å². The predicted molar refractivity (Wildman–Crippen MR) is 137 cm³/mol. The highest BCUT2D eigenvalue weighted by molar-refractivity contribution is 7.99. The van der Waals surface area contributed by atoms with Gasteiger partial charge in [-0.25, -0.2) is 4.39 Å². The van der Waals surface area contributed by atoms with Crippen LogP contribution in [0.5, 0.6) is 0 Å². The van der Waals surface area contributed by atoms with Crippen molar-refractivity contribution in [3.05, 3.63) is 89.2 Å². The lowest BCUT2D eigenvalue weighted by Gasteiger charge is -2.24. The molecule has 1 saturated heterocycles. The number of carbonyl (C=O) groups excluding carboxylic acids is 2. The molecule has 3 aromatic rings. The van der Waals surface area contributed by atoms with E-state index in [2.05, 4.69) is 17.1 Å². The third kappa shape index (κ3) is 4.97. The van der Waals surface area contributed by atoms with Crippen molar-refractivity contribution in [3.8, 4) is 0 Å². The van der Waals surface area contributed by atoms with E-state index < -0.39 is 0 Å². The maximum absolute atomic E-state index is 13.9. The summed E-state index contributed by atoms with van der Waals surface area (Å²) in [6.45, 7) is 5.01. The standard InChI is InChI=1S/C28H28FN3O2S/c1-2-31-14-6-9-22(31)17-30-27(33)20-12-13-26-24(16-20)32(18-19-7-5-8-21(29)15-19)28(34)23-10-3-4-11-25(23)35-26/h3-5,7-8,10-13,15-16,22H,2,6,9,14,17-18H2,1H3,(H,30,33)/t22-/m1/s1. The fourth-order valence-corrected chi connectivity index (χ4v) is 5.95. The van der Waals surface area contributed by atoms with Crippen LogP contribution in [0.4, 0.5) is 10.1 Å². The Bertz CT molecular complexity index is 1260. The van der Waals surface area contributed by atoms with Gasteiger partial charge in [0.15, 0.2) is 0 Å². The Labute approximate surface area is 209 Å². The Kier molecular flexibility index (Phi) is 6.88. The highest BCUT2D eigenvalue weighted by Crippen LogP contribution is 2.42. The zero-order valence-corrected chi connectivity index (χ0v) is 20.5. The van der Waals surface area contributed by atoms with E-state index in [1.807, 2.05) is 36.4 Å². The number of fused-ring (bicyclic) bond motifs is 2. The van der Waals surface area contributed by atoms with Crippen molar-refractivity contribution < 1.29 is 14.0 Å². The van der Waals surface area contributed by atoms with Crippen molar-refractivity contribution >= 4 is 29.3 Å². The zero-order valence-electron chi connectivity index (χ0n) is 19.7. The Morgan fingerprint density at radius 1 is 1.09 bits per heavy atom. The summed E-state index contributed by atoms with van der Waals surface area (Å²) < 4.78 is 13.9. The van der Waals surface area contributed by atoms with E-state index in [9.17, 15) is 14.0 Å². The number of halogens is 1. The van der Waals surface area contributed by atoms with Gasteiger partial charge in [0.25, 0.3) is 11.8 Å². The van der Waals surface area contributed by atoms with Crippen molar-refractivity contribution in [1.29, 1.82) is 0 Å². The number of hydrogen-bond acceptors (Lipinski definition) is 4. The molecule has 180 valence electrons. The molecule has 7 heteroatoms. The number of carbonyl (C=O) groups is 2. The molecule has 0 radical (unpaired) electrons. The Balaban J connectivity index is 1.46. The third-order valence-corrected chi connectivity index (χ3v) is 7.87. The molecule has 0 aliphatic carbocycles. The van der Waals surface area contributed by atoms with Crippen LogP contribution in [0.15, 0.2) is 76.5 Å². The van der Waals surface area contributed by atoms with Gasteiger partial charge in [-0.3, -0.25) is 14.5 Å². The molecular formula is C28H28FN3O2S. The molecule has 0 unspecified atom stereocenters. The van der Waals surface area contributed by atoms with Crippen LogP contribution in [0, 0.1) is 5.82 Å². The van der Waals surface area contributed by atoms with Gasteiger partial charge in [0.2, 0.25) is 0 Å². The maximum Gasteiger partial charge on any atom is 0.259 e. The second-order valence-electron chi connectivity index (χ2n) is 8.94. The van der Waals surface area contributed by atoms with Crippen LogP contribution in [-0.2, 0) is 6.54 Å². The monoisotopic (exact) mass is 489 g/mol. The number of benzene rings is 3. The molecule has 1 N–H and O–H groups in total. The average Bonchev–Trinajstić information content (AvgIpc) is 3.29. The minimum absolute atomic E-state index is 0.152. The van der Waals surface area contributed by atoms with Crippen molar-refractivity contribution in [2.24, 2.45) is 0 Å². The summed E-state index contributed by atoms with van der Waals surface area (Å²) in [5, 5.41) is 3.09. The molecule has 1 fully saturated rings. The minimum atomic E-state index is -0.346. The van der Waals surface area contributed by atoms with E-state index in [1.165, 1.54) is 23.9 Å². The van der Waals surface area contributed by atoms with E-state index >= 15 is 0 Å². The zero-order chi connectivity index (χ0) is 24.4. The first-order valence-corrected chi connectivity index (χ1v) is 12.8. The second-order valence-corrected chi connectivity index (χ2v) is 10.0. The van der Waals surface area contributed by atoms with Crippen LogP contribution in [-0.4, -0.2) is 42.4 Å². The quantitative estimate of drug-likeness (QED) is 0.507. The van der Waals surface area contributed by atoms with Gasteiger partial charge in [0.1, 0.15) is 5.82 Å². The Morgan fingerprint density at radius 3 is 2.77 bits per heavy atom. The van der Waals surface area contributed by atoms with Crippen molar-refractivity contribution in [1.82, 2.24) is 10.2 Å². The van der Waals surface area contributed by atoms with Gasteiger partial charge in [0, 0.05) is 27.9 Å². The number of likely N-dealkylation sites (tertiary alicyclic amines) is 1. The van der Waals surface area contributed by atoms with Gasteiger partial charge < -0.3 is 10.2 Å². The first kappa shape index (κ1) is 23.6. The first-order chi connectivity index (χ1) is 17.0. The number of nitrogens with zero attached hydrogens (tertiary/aromatic N) is 2. The Hall–Kier alpha value is -3.16. The number of rotatable bonds is 6. The molecule has 0 bridgehead atoms. The van der Waals surface area contributed by atoms with E-state index in [0.29, 0.717) is 35.0 Å². The summed E-state index contributed by atoms with van der Waals surface area (Å²) >= 11 is 1.51. The van der Waals surface area contributed by atoms with Gasteiger partial charge in [-0.1, -0.05) is 43.0 Å². The number of nitrogens with one attached hydrogen (secondary N) is 1. The number of anilines is 1. The summed E-state index contributed by atoms with van der Waals surface area (Å²) in [6, 6.07) is 19.6. The van der Waals surface area contributed by atoms with Crippen LogP contribution in [0.2, 0.25) is 0 Å². The highest BCUT2D eigenvalue weighted by atomic mass is 32.2. The summed E-state index contributed by atoms with van der Waals surface area (Å²) in [7, 11) is 0. The molecule has 3 aromatic carbocycles. The second kappa shape index (κ2) is 10.2. The van der Waals surface area contributed by atoms with Gasteiger partial charge in [-0.05, 0) is 74.0 Å².